The number of anilines is 1. The molecule has 0 aliphatic carbocycles. The van der Waals surface area contributed by atoms with Crippen LogP contribution in [0.15, 0.2) is 54.6 Å². The minimum absolute atomic E-state index is 0.632. The van der Waals surface area contributed by atoms with Gasteiger partial charge in [-0.15, -0.1) is 0 Å². The maximum atomic E-state index is 6.04. The second kappa shape index (κ2) is 4.61. The number of nitrogen functional groups attached to an aromatic ring is 1. The van der Waals surface area contributed by atoms with Gasteiger partial charge < -0.3 is 10.5 Å². The molecule has 94 valence electrons. The molecule has 1 aromatic heterocycles. The van der Waals surface area contributed by atoms with Gasteiger partial charge in [-0.25, -0.2) is 4.98 Å². The molecule has 0 radical (unpaired) electrons. The first-order valence-electron chi connectivity index (χ1n) is 6.07. The zero-order valence-electron chi connectivity index (χ0n) is 10.6. The molecule has 0 atom stereocenters. The van der Waals surface area contributed by atoms with Crippen molar-refractivity contribution in [2.24, 2.45) is 0 Å². The normalized spacial score (nSPS) is 10.6. The highest BCUT2D eigenvalue weighted by molar-refractivity contribution is 5.92. The summed E-state index contributed by atoms with van der Waals surface area (Å²) < 4.78 is 5.21. The predicted octanol–water partition coefficient (Wildman–Crippen LogP) is 3.49. The molecule has 1 heterocycles. The molecular weight excluding hydrogens is 236 g/mol. The number of fused-ring (bicyclic) bond motifs is 1. The van der Waals surface area contributed by atoms with Crippen molar-refractivity contribution in [3.05, 3.63) is 54.6 Å². The molecule has 0 amide bonds. The van der Waals surface area contributed by atoms with E-state index in [0.29, 0.717) is 5.69 Å². The Morgan fingerprint density at radius 1 is 1.00 bits per heavy atom. The predicted molar refractivity (Wildman–Crippen MR) is 78.1 cm³/mol. The van der Waals surface area contributed by atoms with Crippen molar-refractivity contribution in [2.75, 3.05) is 12.8 Å². The SMILES string of the molecule is COc1cc(N)c2nc(-c3ccccc3)ccc2c1. The van der Waals surface area contributed by atoms with E-state index in [1.54, 1.807) is 13.2 Å². The summed E-state index contributed by atoms with van der Waals surface area (Å²) in [5.74, 6) is 0.749. The maximum Gasteiger partial charge on any atom is 0.121 e. The Morgan fingerprint density at radius 3 is 2.53 bits per heavy atom. The zero-order valence-corrected chi connectivity index (χ0v) is 10.6. The standard InChI is InChI=1S/C16H14N2O/c1-19-13-9-12-7-8-15(11-5-3-2-4-6-11)18-16(12)14(17)10-13/h2-10H,17H2,1H3. The van der Waals surface area contributed by atoms with E-state index >= 15 is 0 Å². The topological polar surface area (TPSA) is 48.1 Å². The fraction of sp³-hybridized carbons (Fsp3) is 0.0625. The molecule has 0 fully saturated rings. The lowest BCUT2D eigenvalue weighted by Gasteiger charge is -2.07. The first-order chi connectivity index (χ1) is 9.28. The second-order valence-electron chi connectivity index (χ2n) is 4.35. The Labute approximate surface area is 111 Å². The first-order valence-corrected chi connectivity index (χ1v) is 6.07. The van der Waals surface area contributed by atoms with Crippen molar-refractivity contribution in [3.8, 4) is 17.0 Å². The number of nitrogens with two attached hydrogens (primary N) is 1. The van der Waals surface area contributed by atoms with Crippen molar-refractivity contribution in [1.82, 2.24) is 4.98 Å². The number of ether oxygens (including phenoxy) is 1. The Morgan fingerprint density at radius 2 is 1.79 bits per heavy atom. The van der Waals surface area contributed by atoms with Gasteiger partial charge in [0.1, 0.15) is 5.75 Å². The summed E-state index contributed by atoms with van der Waals surface area (Å²) in [6.45, 7) is 0. The average Bonchev–Trinajstić information content (AvgIpc) is 2.47. The van der Waals surface area contributed by atoms with E-state index in [2.05, 4.69) is 4.98 Å². The Hall–Kier alpha value is -2.55. The van der Waals surface area contributed by atoms with Gasteiger partial charge in [0.2, 0.25) is 0 Å². The fourth-order valence-electron chi connectivity index (χ4n) is 2.12. The van der Waals surface area contributed by atoms with Crippen LogP contribution >= 0.6 is 0 Å². The van der Waals surface area contributed by atoms with E-state index in [4.69, 9.17) is 10.5 Å². The monoisotopic (exact) mass is 250 g/mol. The lowest BCUT2D eigenvalue weighted by atomic mass is 10.1. The van der Waals surface area contributed by atoms with Crippen LogP contribution in [0.25, 0.3) is 22.2 Å². The van der Waals surface area contributed by atoms with Crippen LogP contribution in [-0.4, -0.2) is 12.1 Å². The van der Waals surface area contributed by atoms with Crippen LogP contribution < -0.4 is 10.5 Å². The number of pyridine rings is 1. The molecule has 3 nitrogen and oxygen atoms in total. The maximum absolute atomic E-state index is 6.04. The summed E-state index contributed by atoms with van der Waals surface area (Å²) in [6.07, 6.45) is 0. The molecule has 2 N–H and O–H groups in total. The van der Waals surface area contributed by atoms with E-state index in [-0.39, 0.29) is 0 Å². The molecule has 3 heteroatoms. The van der Waals surface area contributed by atoms with Crippen LogP contribution in [0, 0.1) is 0 Å². The third-order valence-electron chi connectivity index (χ3n) is 3.10. The van der Waals surface area contributed by atoms with Crippen LogP contribution in [0.1, 0.15) is 0 Å². The Bertz CT molecular complexity index is 723. The van der Waals surface area contributed by atoms with Crippen LogP contribution in [0.5, 0.6) is 5.75 Å². The number of hydrogen-bond donors (Lipinski definition) is 1. The van der Waals surface area contributed by atoms with Gasteiger partial charge in [0.15, 0.2) is 0 Å². The fourth-order valence-corrected chi connectivity index (χ4v) is 2.12. The van der Waals surface area contributed by atoms with E-state index in [1.807, 2.05) is 48.5 Å². The van der Waals surface area contributed by atoms with E-state index < -0.39 is 0 Å². The minimum Gasteiger partial charge on any atom is -0.497 e. The smallest absolute Gasteiger partial charge is 0.121 e. The largest absolute Gasteiger partial charge is 0.497 e. The molecular formula is C16H14N2O. The molecule has 0 bridgehead atoms. The van der Waals surface area contributed by atoms with Gasteiger partial charge in [-0.3, -0.25) is 0 Å². The number of rotatable bonds is 2. The molecule has 0 spiro atoms. The molecule has 3 aromatic rings. The molecule has 3 rings (SSSR count). The lowest BCUT2D eigenvalue weighted by molar-refractivity contribution is 0.415. The molecule has 0 aliphatic rings. The van der Waals surface area contributed by atoms with Crippen molar-refractivity contribution in [3.63, 3.8) is 0 Å². The molecule has 19 heavy (non-hydrogen) atoms. The number of hydrogen-bond acceptors (Lipinski definition) is 3. The number of aromatic nitrogens is 1. The van der Waals surface area contributed by atoms with Gasteiger partial charge in [0.25, 0.3) is 0 Å². The number of methoxy groups -OCH3 is 1. The van der Waals surface area contributed by atoms with Gasteiger partial charge in [-0.05, 0) is 12.1 Å². The summed E-state index contributed by atoms with van der Waals surface area (Å²) in [5, 5.41) is 0.983. The quantitative estimate of drug-likeness (QED) is 0.708. The van der Waals surface area contributed by atoms with Gasteiger partial charge in [0.05, 0.1) is 24.0 Å². The molecule has 2 aromatic carbocycles. The molecule has 0 aliphatic heterocycles. The summed E-state index contributed by atoms with van der Waals surface area (Å²) in [6, 6.07) is 17.8. The summed E-state index contributed by atoms with van der Waals surface area (Å²) in [7, 11) is 1.63. The second-order valence-corrected chi connectivity index (χ2v) is 4.35. The Kier molecular flexibility index (Phi) is 2.80. The van der Waals surface area contributed by atoms with Gasteiger partial charge in [-0.1, -0.05) is 36.4 Å². The Balaban J connectivity index is 2.19. The zero-order chi connectivity index (χ0) is 13.2. The van der Waals surface area contributed by atoms with Gasteiger partial charge in [0, 0.05) is 17.0 Å². The third-order valence-corrected chi connectivity index (χ3v) is 3.10. The summed E-state index contributed by atoms with van der Waals surface area (Å²) >= 11 is 0. The summed E-state index contributed by atoms with van der Waals surface area (Å²) in [4.78, 5) is 4.64. The van der Waals surface area contributed by atoms with Crippen LogP contribution in [0.4, 0.5) is 5.69 Å². The van der Waals surface area contributed by atoms with Crippen molar-refractivity contribution in [1.29, 1.82) is 0 Å². The van der Waals surface area contributed by atoms with Crippen molar-refractivity contribution < 1.29 is 4.74 Å². The summed E-state index contributed by atoms with van der Waals surface area (Å²) in [5.41, 5.74) is 9.48. The van der Waals surface area contributed by atoms with Crippen molar-refractivity contribution in [2.45, 2.75) is 0 Å². The molecule has 0 saturated heterocycles. The highest BCUT2D eigenvalue weighted by Crippen LogP contribution is 2.28. The lowest BCUT2D eigenvalue weighted by Crippen LogP contribution is -1.93. The van der Waals surface area contributed by atoms with Gasteiger partial charge >= 0.3 is 0 Å². The third kappa shape index (κ3) is 2.10. The van der Waals surface area contributed by atoms with E-state index in [1.165, 1.54) is 0 Å². The van der Waals surface area contributed by atoms with Crippen LogP contribution in [-0.2, 0) is 0 Å². The minimum atomic E-state index is 0.632. The van der Waals surface area contributed by atoms with Gasteiger partial charge in [-0.2, -0.15) is 0 Å². The van der Waals surface area contributed by atoms with Crippen LogP contribution in [0.2, 0.25) is 0 Å². The van der Waals surface area contributed by atoms with Crippen LogP contribution in [0.3, 0.4) is 0 Å². The number of nitrogens with zero attached hydrogens (tertiary/aromatic N) is 1. The average molecular weight is 250 g/mol. The highest BCUT2D eigenvalue weighted by Gasteiger charge is 2.06. The van der Waals surface area contributed by atoms with E-state index in [0.717, 1.165) is 27.9 Å². The van der Waals surface area contributed by atoms with Crippen molar-refractivity contribution >= 4 is 16.6 Å². The first kappa shape index (κ1) is 11.5. The molecule has 0 saturated carbocycles. The molecule has 0 unspecified atom stereocenters. The number of benzene rings is 2. The van der Waals surface area contributed by atoms with E-state index in [9.17, 15) is 0 Å². The highest BCUT2D eigenvalue weighted by atomic mass is 16.5.